The van der Waals surface area contributed by atoms with Crippen molar-refractivity contribution in [1.29, 1.82) is 0 Å². The Hall–Kier alpha value is -3.23. The normalized spacial score (nSPS) is 14.5. The van der Waals surface area contributed by atoms with Gasteiger partial charge in [0.25, 0.3) is 5.91 Å². The van der Waals surface area contributed by atoms with Crippen LogP contribution >= 0.6 is 0 Å². The molecular weight excluding hydrogens is 358 g/mol. The zero-order valence-electron chi connectivity index (χ0n) is 16.0. The first-order valence-electron chi connectivity index (χ1n) is 9.29. The minimum atomic E-state index is -0.702. The quantitative estimate of drug-likeness (QED) is 0.516. The van der Waals surface area contributed by atoms with Crippen LogP contribution in [0.5, 0.6) is 0 Å². The Morgan fingerprint density at radius 1 is 1.25 bits per heavy atom. The number of pyridine rings is 1. The number of nitrogens with one attached hydrogen (secondary N) is 2. The standard InChI is InChI=1S/C19H25N7O2/c1-10(2)7-14(17(20)27)25-15-9-23-16(18(21)28)19(26-15)24-12-5-6-22-13(8-12)11-3-4-11/h5-6,8-11,14H,3-4,7H2,1-2H3,(H2,20,27)(H2,21,28)(H2,22,24,25,26)/t14-/m1/s1. The van der Waals surface area contributed by atoms with E-state index in [1.807, 2.05) is 19.9 Å². The molecule has 2 amide bonds. The van der Waals surface area contributed by atoms with Gasteiger partial charge < -0.3 is 22.1 Å². The summed E-state index contributed by atoms with van der Waals surface area (Å²) in [6, 6.07) is 3.11. The van der Waals surface area contributed by atoms with Crippen LogP contribution in [0.2, 0.25) is 0 Å². The summed E-state index contributed by atoms with van der Waals surface area (Å²) >= 11 is 0. The van der Waals surface area contributed by atoms with Crippen LogP contribution in [0.3, 0.4) is 0 Å². The topological polar surface area (TPSA) is 149 Å². The number of hydrogen-bond acceptors (Lipinski definition) is 7. The van der Waals surface area contributed by atoms with Crippen LogP contribution in [0.15, 0.2) is 24.5 Å². The van der Waals surface area contributed by atoms with E-state index in [0.29, 0.717) is 18.2 Å². The van der Waals surface area contributed by atoms with Gasteiger partial charge in [0, 0.05) is 23.5 Å². The smallest absolute Gasteiger partial charge is 0.271 e. The Kier molecular flexibility index (Phi) is 5.72. The summed E-state index contributed by atoms with van der Waals surface area (Å²) in [6.07, 6.45) is 5.89. The van der Waals surface area contributed by atoms with Crippen molar-refractivity contribution in [2.24, 2.45) is 17.4 Å². The Labute approximate surface area is 163 Å². The summed E-state index contributed by atoms with van der Waals surface area (Å²) in [5, 5.41) is 6.08. The Balaban J connectivity index is 1.86. The molecule has 9 heteroatoms. The van der Waals surface area contributed by atoms with Gasteiger partial charge in [0.05, 0.1) is 6.20 Å². The Morgan fingerprint density at radius 2 is 2.00 bits per heavy atom. The average Bonchev–Trinajstić information content (AvgIpc) is 3.46. The lowest BCUT2D eigenvalue weighted by Gasteiger charge is -2.18. The molecule has 2 aromatic rings. The number of amides is 2. The molecule has 3 rings (SSSR count). The molecule has 2 aromatic heterocycles. The fraction of sp³-hybridized carbons (Fsp3) is 0.421. The fourth-order valence-corrected chi connectivity index (χ4v) is 2.89. The third-order valence-electron chi connectivity index (χ3n) is 4.42. The second-order valence-electron chi connectivity index (χ2n) is 7.41. The third-order valence-corrected chi connectivity index (χ3v) is 4.42. The van der Waals surface area contributed by atoms with Gasteiger partial charge >= 0.3 is 0 Å². The average molecular weight is 383 g/mol. The molecule has 28 heavy (non-hydrogen) atoms. The maximum absolute atomic E-state index is 11.8. The van der Waals surface area contributed by atoms with Crippen molar-refractivity contribution in [3.8, 4) is 0 Å². The number of carbonyl (C=O) groups excluding carboxylic acids is 2. The van der Waals surface area contributed by atoms with Crippen molar-refractivity contribution < 1.29 is 9.59 Å². The van der Waals surface area contributed by atoms with Gasteiger partial charge in [0.15, 0.2) is 11.5 Å². The number of aromatic nitrogens is 3. The zero-order chi connectivity index (χ0) is 20.3. The molecule has 1 saturated carbocycles. The first-order valence-corrected chi connectivity index (χ1v) is 9.29. The molecule has 0 saturated heterocycles. The van der Waals surface area contributed by atoms with E-state index in [1.165, 1.54) is 6.20 Å². The van der Waals surface area contributed by atoms with Crippen LogP contribution in [0.4, 0.5) is 17.3 Å². The van der Waals surface area contributed by atoms with Gasteiger partial charge in [0.2, 0.25) is 5.91 Å². The van der Waals surface area contributed by atoms with Gasteiger partial charge in [-0.25, -0.2) is 9.97 Å². The van der Waals surface area contributed by atoms with E-state index in [1.54, 1.807) is 12.3 Å². The van der Waals surface area contributed by atoms with Gasteiger partial charge in [-0.05, 0) is 37.3 Å². The molecule has 1 aliphatic carbocycles. The van der Waals surface area contributed by atoms with Gasteiger partial charge in [-0.1, -0.05) is 13.8 Å². The minimum absolute atomic E-state index is 0.00909. The predicted octanol–water partition coefficient (Wildman–Crippen LogP) is 1.90. The van der Waals surface area contributed by atoms with E-state index in [2.05, 4.69) is 25.6 Å². The lowest BCUT2D eigenvalue weighted by Crippen LogP contribution is -2.37. The van der Waals surface area contributed by atoms with Crippen molar-refractivity contribution >= 4 is 29.1 Å². The van der Waals surface area contributed by atoms with E-state index in [0.717, 1.165) is 24.2 Å². The highest BCUT2D eigenvalue weighted by molar-refractivity contribution is 5.96. The van der Waals surface area contributed by atoms with Crippen LogP contribution in [0, 0.1) is 5.92 Å². The molecule has 0 radical (unpaired) electrons. The summed E-state index contributed by atoms with van der Waals surface area (Å²) in [6.45, 7) is 3.99. The molecule has 1 atom stereocenters. The Bertz CT molecular complexity index is 880. The molecule has 0 aliphatic heterocycles. The van der Waals surface area contributed by atoms with Gasteiger partial charge in [-0.3, -0.25) is 14.6 Å². The van der Waals surface area contributed by atoms with Gasteiger partial charge in [0.1, 0.15) is 11.9 Å². The number of primary amides is 2. The molecule has 0 bridgehead atoms. The molecule has 0 aromatic carbocycles. The van der Waals surface area contributed by atoms with Crippen molar-refractivity contribution in [2.45, 2.75) is 45.1 Å². The monoisotopic (exact) mass is 383 g/mol. The second kappa shape index (κ2) is 8.20. The first-order chi connectivity index (χ1) is 13.3. The van der Waals surface area contributed by atoms with E-state index in [9.17, 15) is 9.59 Å². The number of anilines is 3. The van der Waals surface area contributed by atoms with Crippen LogP contribution in [0.1, 0.15) is 55.2 Å². The summed E-state index contributed by atoms with van der Waals surface area (Å²) in [4.78, 5) is 36.3. The largest absolute Gasteiger partial charge is 0.368 e. The highest BCUT2D eigenvalue weighted by Crippen LogP contribution is 2.39. The highest BCUT2D eigenvalue weighted by Gasteiger charge is 2.25. The molecule has 1 aliphatic rings. The van der Waals surface area contributed by atoms with Crippen LogP contribution in [0.25, 0.3) is 0 Å². The molecule has 1 fully saturated rings. The van der Waals surface area contributed by atoms with Crippen molar-refractivity contribution in [1.82, 2.24) is 15.0 Å². The van der Waals surface area contributed by atoms with Gasteiger partial charge in [-0.2, -0.15) is 0 Å². The highest BCUT2D eigenvalue weighted by atomic mass is 16.1. The summed E-state index contributed by atoms with van der Waals surface area (Å²) in [5.41, 5.74) is 12.7. The third kappa shape index (κ3) is 4.93. The van der Waals surface area contributed by atoms with Crippen molar-refractivity contribution in [3.05, 3.63) is 35.9 Å². The lowest BCUT2D eigenvalue weighted by atomic mass is 10.0. The molecule has 0 spiro atoms. The molecule has 0 unspecified atom stereocenters. The molecule has 148 valence electrons. The van der Waals surface area contributed by atoms with Crippen LogP contribution < -0.4 is 22.1 Å². The minimum Gasteiger partial charge on any atom is -0.368 e. The number of nitrogens with zero attached hydrogens (tertiary/aromatic N) is 3. The van der Waals surface area contributed by atoms with Crippen molar-refractivity contribution in [3.63, 3.8) is 0 Å². The molecular formula is C19H25N7O2. The second-order valence-corrected chi connectivity index (χ2v) is 7.41. The fourth-order valence-electron chi connectivity index (χ4n) is 2.89. The molecule has 2 heterocycles. The maximum atomic E-state index is 11.8. The van der Waals surface area contributed by atoms with Crippen LogP contribution in [-0.4, -0.2) is 32.8 Å². The van der Waals surface area contributed by atoms with E-state index < -0.39 is 17.9 Å². The summed E-state index contributed by atoms with van der Waals surface area (Å²) in [5.74, 6) is 0.104. The number of carbonyl (C=O) groups is 2. The van der Waals surface area contributed by atoms with E-state index >= 15 is 0 Å². The predicted molar refractivity (Wildman–Crippen MR) is 106 cm³/mol. The SMILES string of the molecule is CC(C)C[C@@H](Nc1cnc(C(N)=O)c(Nc2ccnc(C3CC3)c2)n1)C(N)=O. The summed E-state index contributed by atoms with van der Waals surface area (Å²) in [7, 11) is 0. The number of nitrogens with two attached hydrogens (primary N) is 2. The Morgan fingerprint density at radius 3 is 2.61 bits per heavy atom. The number of rotatable bonds is 9. The maximum Gasteiger partial charge on any atom is 0.271 e. The number of hydrogen-bond donors (Lipinski definition) is 4. The lowest BCUT2D eigenvalue weighted by molar-refractivity contribution is -0.119. The van der Waals surface area contributed by atoms with Crippen LogP contribution in [-0.2, 0) is 4.79 Å². The zero-order valence-corrected chi connectivity index (χ0v) is 16.0. The molecule has 9 nitrogen and oxygen atoms in total. The van der Waals surface area contributed by atoms with E-state index in [-0.39, 0.29) is 17.4 Å². The van der Waals surface area contributed by atoms with E-state index in [4.69, 9.17) is 11.5 Å². The van der Waals surface area contributed by atoms with Crippen molar-refractivity contribution in [2.75, 3.05) is 10.6 Å². The van der Waals surface area contributed by atoms with Gasteiger partial charge in [-0.15, -0.1) is 0 Å². The first kappa shape index (κ1) is 19.5. The molecule has 6 N–H and O–H groups in total. The summed E-state index contributed by atoms with van der Waals surface area (Å²) < 4.78 is 0.